The Labute approximate surface area is 160 Å². The smallest absolute Gasteiger partial charge is 0.0169 e. The van der Waals surface area contributed by atoms with Crippen molar-refractivity contribution < 1.29 is 0 Å². The van der Waals surface area contributed by atoms with Crippen LogP contribution in [-0.2, 0) is 0 Å². The fourth-order valence-electron chi connectivity index (χ4n) is 2.59. The molecule has 0 aliphatic rings. The van der Waals surface area contributed by atoms with Crippen molar-refractivity contribution in [3.63, 3.8) is 0 Å². The Morgan fingerprint density at radius 1 is 0.640 bits per heavy atom. The van der Waals surface area contributed by atoms with E-state index in [0.717, 1.165) is 6.42 Å². The zero-order chi connectivity index (χ0) is 19.0. The first-order valence-electron chi connectivity index (χ1n) is 11.1. The molecule has 0 amide bonds. The summed E-state index contributed by atoms with van der Waals surface area (Å²) in [5.74, 6) is 0. The van der Waals surface area contributed by atoms with Gasteiger partial charge in [-0.05, 0) is 51.9 Å². The van der Waals surface area contributed by atoms with E-state index < -0.39 is 0 Å². The minimum atomic E-state index is 1.12. The molecule has 0 N–H and O–H groups in total. The lowest BCUT2D eigenvalue weighted by atomic mass is 10.1. The van der Waals surface area contributed by atoms with Crippen LogP contribution in [0.1, 0.15) is 124 Å². The highest BCUT2D eigenvalue weighted by Crippen LogP contribution is 2.12. The Bertz CT molecular complexity index is 295. The molecule has 0 saturated heterocycles. The molecule has 0 bridgehead atoms. The third-order valence-corrected chi connectivity index (χ3v) is 4.05. The molecule has 0 atom stereocenters. The lowest BCUT2D eigenvalue weighted by Gasteiger charge is -2.01. The van der Waals surface area contributed by atoms with Gasteiger partial charge in [0.1, 0.15) is 0 Å². The van der Waals surface area contributed by atoms with Gasteiger partial charge in [-0.1, -0.05) is 102 Å². The number of allylic oxidation sites excluding steroid dienone is 5. The van der Waals surface area contributed by atoms with E-state index in [4.69, 9.17) is 0 Å². The van der Waals surface area contributed by atoms with Crippen LogP contribution in [0.4, 0.5) is 0 Å². The van der Waals surface area contributed by atoms with Crippen LogP contribution >= 0.6 is 0 Å². The molecular formula is C25H48. The SMILES string of the molecule is C=C(C)CCCCCCCCC/C=C\C/C=C\CCCCC.CCC. The van der Waals surface area contributed by atoms with Crippen molar-refractivity contribution in [3.8, 4) is 0 Å². The molecule has 0 saturated carbocycles. The molecule has 0 spiro atoms. The first-order chi connectivity index (χ1) is 12.2. The average molecular weight is 349 g/mol. The Morgan fingerprint density at radius 2 is 1.08 bits per heavy atom. The lowest BCUT2D eigenvalue weighted by Crippen LogP contribution is -1.81. The Balaban J connectivity index is 0. The fraction of sp³-hybridized carbons (Fsp3) is 0.760. The summed E-state index contributed by atoms with van der Waals surface area (Å²) in [6.07, 6.45) is 29.2. The standard InChI is InChI=1S/C22H40.C3H8/c1-4-5-6-7-8-9-10-11-12-13-14-15-16-17-18-19-20-21-22(2)3;1-3-2/h8-9,11-12H,2,4-7,10,13-21H2,1,3H3;3H2,1-2H3/b9-8-,12-11-;. The molecule has 0 aliphatic carbocycles. The number of hydrogen-bond acceptors (Lipinski definition) is 0. The maximum Gasteiger partial charge on any atom is -0.0169 e. The largest absolute Gasteiger partial charge is 0.100 e. The van der Waals surface area contributed by atoms with Crippen molar-refractivity contribution in [1.29, 1.82) is 0 Å². The van der Waals surface area contributed by atoms with E-state index in [9.17, 15) is 0 Å². The second kappa shape index (κ2) is 25.5. The van der Waals surface area contributed by atoms with E-state index in [1.807, 2.05) is 0 Å². The zero-order valence-corrected chi connectivity index (χ0v) is 18.1. The summed E-state index contributed by atoms with van der Waals surface area (Å²) in [4.78, 5) is 0. The molecule has 0 radical (unpaired) electrons. The van der Waals surface area contributed by atoms with Gasteiger partial charge in [0.2, 0.25) is 0 Å². The third-order valence-electron chi connectivity index (χ3n) is 4.05. The molecule has 0 heterocycles. The van der Waals surface area contributed by atoms with Crippen LogP contribution in [0.25, 0.3) is 0 Å². The van der Waals surface area contributed by atoms with Gasteiger partial charge < -0.3 is 0 Å². The van der Waals surface area contributed by atoms with Crippen LogP contribution in [0, 0.1) is 0 Å². The number of hydrogen-bond donors (Lipinski definition) is 0. The predicted molar refractivity (Wildman–Crippen MR) is 119 cm³/mol. The maximum atomic E-state index is 3.96. The molecular weight excluding hydrogens is 300 g/mol. The topological polar surface area (TPSA) is 0 Å². The Morgan fingerprint density at radius 3 is 1.56 bits per heavy atom. The third kappa shape index (κ3) is 31.5. The first kappa shape index (κ1) is 26.4. The van der Waals surface area contributed by atoms with E-state index in [2.05, 4.69) is 58.6 Å². The van der Waals surface area contributed by atoms with Gasteiger partial charge in [0.15, 0.2) is 0 Å². The summed E-state index contributed by atoms with van der Waals surface area (Å²) < 4.78 is 0. The van der Waals surface area contributed by atoms with Crippen molar-refractivity contribution in [1.82, 2.24) is 0 Å². The van der Waals surface area contributed by atoms with Crippen molar-refractivity contribution in [2.75, 3.05) is 0 Å². The van der Waals surface area contributed by atoms with Gasteiger partial charge in [0.05, 0.1) is 0 Å². The minimum Gasteiger partial charge on any atom is -0.100 e. The van der Waals surface area contributed by atoms with Crippen LogP contribution in [0.3, 0.4) is 0 Å². The van der Waals surface area contributed by atoms with Crippen LogP contribution in [0.15, 0.2) is 36.5 Å². The van der Waals surface area contributed by atoms with Gasteiger partial charge >= 0.3 is 0 Å². The molecule has 0 rings (SSSR count). The summed E-state index contributed by atoms with van der Waals surface area (Å²) in [5.41, 5.74) is 1.34. The number of rotatable bonds is 16. The van der Waals surface area contributed by atoms with Crippen molar-refractivity contribution in [3.05, 3.63) is 36.5 Å². The second-order valence-corrected chi connectivity index (χ2v) is 7.35. The van der Waals surface area contributed by atoms with E-state index in [1.54, 1.807) is 0 Å². The molecule has 148 valence electrons. The summed E-state index contributed by atoms with van der Waals surface area (Å²) in [6, 6.07) is 0. The second-order valence-electron chi connectivity index (χ2n) is 7.35. The quantitative estimate of drug-likeness (QED) is 0.192. The van der Waals surface area contributed by atoms with Crippen LogP contribution in [0.5, 0.6) is 0 Å². The van der Waals surface area contributed by atoms with E-state index in [0.29, 0.717) is 0 Å². The van der Waals surface area contributed by atoms with E-state index in [1.165, 1.54) is 95.5 Å². The summed E-state index contributed by atoms with van der Waals surface area (Å²) in [5, 5.41) is 0. The molecule has 0 fully saturated rings. The maximum absolute atomic E-state index is 3.96. The van der Waals surface area contributed by atoms with Gasteiger partial charge in [-0.3, -0.25) is 0 Å². The molecule has 0 nitrogen and oxygen atoms in total. The van der Waals surface area contributed by atoms with Gasteiger partial charge in [0.25, 0.3) is 0 Å². The zero-order valence-electron chi connectivity index (χ0n) is 18.1. The highest BCUT2D eigenvalue weighted by molar-refractivity contribution is 4.92. The fourth-order valence-corrected chi connectivity index (χ4v) is 2.59. The average Bonchev–Trinajstić information content (AvgIpc) is 2.58. The van der Waals surface area contributed by atoms with Gasteiger partial charge in [0, 0.05) is 0 Å². The van der Waals surface area contributed by atoms with E-state index in [-0.39, 0.29) is 0 Å². The summed E-state index contributed by atoms with van der Waals surface area (Å²) in [7, 11) is 0. The van der Waals surface area contributed by atoms with Gasteiger partial charge in [-0.15, -0.1) is 6.58 Å². The van der Waals surface area contributed by atoms with Crippen LogP contribution < -0.4 is 0 Å². The lowest BCUT2D eigenvalue weighted by molar-refractivity contribution is 0.581. The van der Waals surface area contributed by atoms with Crippen molar-refractivity contribution >= 4 is 0 Å². The Hall–Kier alpha value is -0.780. The van der Waals surface area contributed by atoms with Gasteiger partial charge in [-0.25, -0.2) is 0 Å². The predicted octanol–water partition coefficient (Wildman–Crippen LogP) is 9.57. The summed E-state index contributed by atoms with van der Waals surface area (Å²) in [6.45, 7) is 12.6. The molecule has 0 aromatic heterocycles. The summed E-state index contributed by atoms with van der Waals surface area (Å²) >= 11 is 0. The normalized spacial score (nSPS) is 11.0. The highest BCUT2D eigenvalue weighted by atomic mass is 14.0. The van der Waals surface area contributed by atoms with Crippen molar-refractivity contribution in [2.24, 2.45) is 0 Å². The molecule has 25 heavy (non-hydrogen) atoms. The van der Waals surface area contributed by atoms with Crippen LogP contribution in [0.2, 0.25) is 0 Å². The molecule has 0 aromatic carbocycles. The monoisotopic (exact) mass is 348 g/mol. The highest BCUT2D eigenvalue weighted by Gasteiger charge is 1.92. The molecule has 0 aliphatic heterocycles. The Kier molecular flexibility index (Phi) is 26.9. The van der Waals surface area contributed by atoms with Gasteiger partial charge in [-0.2, -0.15) is 0 Å². The minimum absolute atomic E-state index is 1.12. The molecule has 0 aromatic rings. The first-order valence-corrected chi connectivity index (χ1v) is 11.1. The van der Waals surface area contributed by atoms with Crippen molar-refractivity contribution in [2.45, 2.75) is 124 Å². The molecule has 0 heteroatoms. The molecule has 0 unspecified atom stereocenters. The van der Waals surface area contributed by atoms with E-state index >= 15 is 0 Å². The number of unbranched alkanes of at least 4 members (excludes halogenated alkanes) is 10. The van der Waals surface area contributed by atoms with Crippen LogP contribution in [-0.4, -0.2) is 0 Å².